The normalized spacial score (nSPS) is 17.8. The molecule has 298 valence electrons. The molecule has 3 atom stereocenters. The van der Waals surface area contributed by atoms with E-state index >= 15 is 0 Å². The van der Waals surface area contributed by atoms with Crippen LogP contribution in [-0.2, 0) is 20.8 Å². The number of thiazole rings is 1. The van der Waals surface area contributed by atoms with Crippen molar-refractivity contribution in [2.45, 2.75) is 97.2 Å². The van der Waals surface area contributed by atoms with Gasteiger partial charge in [-0.3, -0.25) is 19.2 Å². The quantitative estimate of drug-likeness (QED) is 0.121. The number of carbonyl (C=O) groups excluding carboxylic acids is 4. The van der Waals surface area contributed by atoms with Crippen molar-refractivity contribution in [1.29, 1.82) is 0 Å². The molecular formula is C41H58N8O5S. The van der Waals surface area contributed by atoms with Crippen LogP contribution in [-0.4, -0.2) is 108 Å². The second-order valence-corrected chi connectivity index (χ2v) is 16.1. The monoisotopic (exact) mass is 774 g/mol. The Balaban J connectivity index is 0.961. The lowest BCUT2D eigenvalue weighted by molar-refractivity contribution is -0.147. The molecule has 2 fully saturated rings. The summed E-state index contributed by atoms with van der Waals surface area (Å²) in [5.41, 5.74) is 5.49. The summed E-state index contributed by atoms with van der Waals surface area (Å²) in [5, 5.41) is 22.7. The van der Waals surface area contributed by atoms with Crippen LogP contribution in [0.5, 0.6) is 0 Å². The number of benzene rings is 1. The highest BCUT2D eigenvalue weighted by Gasteiger charge is 2.46. The number of aryl methyl sites for hydroxylation is 1. The van der Waals surface area contributed by atoms with E-state index in [-0.39, 0.29) is 36.6 Å². The number of amides is 4. The summed E-state index contributed by atoms with van der Waals surface area (Å²) in [6.07, 6.45) is 6.45. The molecule has 0 spiro atoms. The molecule has 13 nitrogen and oxygen atoms in total. The molecule has 0 saturated carbocycles. The van der Waals surface area contributed by atoms with Gasteiger partial charge in [-0.2, -0.15) is 0 Å². The average molecular weight is 775 g/mol. The highest BCUT2D eigenvalue weighted by Crippen LogP contribution is 2.30. The van der Waals surface area contributed by atoms with E-state index in [9.17, 15) is 24.3 Å². The fraction of sp³-hybridized carbons (Fsp3) is 0.561. The first-order valence-electron chi connectivity index (χ1n) is 19.7. The van der Waals surface area contributed by atoms with Crippen LogP contribution >= 0.6 is 11.3 Å². The number of nitrogens with one attached hydrogen (secondary N) is 4. The SMILES string of the molecule is Cc1ncsc1-c1ccc(CCNC(=O)[C@@H]2C[C@@H](O)CN2C(=O)C(C)(C)[C@H](C)NC(=O)CCCCCCCNC(=O)c2ccc(N3CCNCC3)cn2)cc1. The first kappa shape index (κ1) is 41.8. The standard InChI is InChI=1S/C41H58N8O5S/c1-28-37(55-27-46-28)31-13-11-30(12-14-31)17-19-44-39(53)35-24-33(50)26-49(35)40(54)41(3,4)29(2)47-36(51)10-8-6-5-7-9-18-43-38(52)34-16-15-32(25-45-34)48-22-20-42-21-23-48/h11-16,25,27,29,33,35,42,50H,5-10,17-24,26H2,1-4H3,(H,43,52)(H,44,53)(H,47,51)/t29-,33+,35-/m0/s1. The molecule has 3 aromatic rings. The number of pyridine rings is 1. The molecule has 2 aliphatic heterocycles. The fourth-order valence-electron chi connectivity index (χ4n) is 7.05. The van der Waals surface area contributed by atoms with Crippen LogP contribution in [0.15, 0.2) is 48.1 Å². The van der Waals surface area contributed by atoms with Crippen LogP contribution in [0.2, 0.25) is 0 Å². The molecule has 5 rings (SSSR count). The van der Waals surface area contributed by atoms with Crippen molar-refractivity contribution in [3.63, 3.8) is 0 Å². The summed E-state index contributed by atoms with van der Waals surface area (Å²) in [7, 11) is 0. The Bertz CT molecular complexity index is 1720. The number of rotatable bonds is 18. The summed E-state index contributed by atoms with van der Waals surface area (Å²) in [6, 6.07) is 10.7. The van der Waals surface area contributed by atoms with E-state index in [1.54, 1.807) is 37.4 Å². The largest absolute Gasteiger partial charge is 0.391 e. The maximum absolute atomic E-state index is 13.8. The van der Waals surface area contributed by atoms with Gasteiger partial charge < -0.3 is 36.2 Å². The summed E-state index contributed by atoms with van der Waals surface area (Å²) < 4.78 is 0. The highest BCUT2D eigenvalue weighted by molar-refractivity contribution is 7.13. The van der Waals surface area contributed by atoms with E-state index in [0.717, 1.165) is 85.7 Å². The van der Waals surface area contributed by atoms with Crippen molar-refractivity contribution < 1.29 is 24.3 Å². The first-order chi connectivity index (χ1) is 26.4. The van der Waals surface area contributed by atoms with Gasteiger partial charge in [-0.15, -0.1) is 11.3 Å². The van der Waals surface area contributed by atoms with E-state index in [2.05, 4.69) is 48.3 Å². The number of hydrogen-bond acceptors (Lipinski definition) is 10. The third-order valence-electron chi connectivity index (χ3n) is 10.9. The van der Waals surface area contributed by atoms with Crippen LogP contribution in [0.1, 0.15) is 87.5 Å². The lowest BCUT2D eigenvalue weighted by Crippen LogP contribution is -2.55. The van der Waals surface area contributed by atoms with Crippen molar-refractivity contribution >= 4 is 40.7 Å². The van der Waals surface area contributed by atoms with Crippen LogP contribution in [0.25, 0.3) is 10.4 Å². The average Bonchev–Trinajstić information content (AvgIpc) is 3.81. The molecule has 1 aromatic carbocycles. The maximum Gasteiger partial charge on any atom is 0.269 e. The minimum atomic E-state index is -0.997. The molecule has 14 heteroatoms. The summed E-state index contributed by atoms with van der Waals surface area (Å²) >= 11 is 1.61. The number of anilines is 1. The van der Waals surface area contributed by atoms with E-state index in [0.29, 0.717) is 31.6 Å². The van der Waals surface area contributed by atoms with Gasteiger partial charge in [0, 0.05) is 64.7 Å². The number of piperazine rings is 1. The van der Waals surface area contributed by atoms with E-state index in [1.807, 2.05) is 37.6 Å². The van der Waals surface area contributed by atoms with Gasteiger partial charge in [0.25, 0.3) is 5.91 Å². The number of carbonyl (C=O) groups is 4. The smallest absolute Gasteiger partial charge is 0.269 e. The molecule has 5 N–H and O–H groups in total. The molecule has 0 aliphatic carbocycles. The zero-order chi connectivity index (χ0) is 39.4. The van der Waals surface area contributed by atoms with Gasteiger partial charge in [-0.05, 0) is 70.2 Å². The lowest BCUT2D eigenvalue weighted by Gasteiger charge is -2.36. The third kappa shape index (κ3) is 11.6. The number of aromatic nitrogens is 2. The van der Waals surface area contributed by atoms with Gasteiger partial charge in [0.05, 0.1) is 39.5 Å². The van der Waals surface area contributed by atoms with Crippen molar-refractivity contribution in [2.75, 3.05) is 50.7 Å². The second-order valence-electron chi connectivity index (χ2n) is 15.3. The lowest BCUT2D eigenvalue weighted by atomic mass is 9.83. The zero-order valence-electron chi connectivity index (χ0n) is 32.7. The first-order valence-corrected chi connectivity index (χ1v) is 20.6. The van der Waals surface area contributed by atoms with Crippen LogP contribution in [0, 0.1) is 12.3 Å². The van der Waals surface area contributed by atoms with Crippen molar-refractivity contribution in [2.24, 2.45) is 5.41 Å². The zero-order valence-corrected chi connectivity index (χ0v) is 33.6. The second kappa shape index (κ2) is 20.0. The van der Waals surface area contributed by atoms with Crippen LogP contribution in [0.4, 0.5) is 5.69 Å². The highest BCUT2D eigenvalue weighted by atomic mass is 32.1. The Kier molecular flexibility index (Phi) is 15.2. The minimum absolute atomic E-state index is 0.0737. The summed E-state index contributed by atoms with van der Waals surface area (Å²) in [4.78, 5) is 66.0. The molecule has 4 heterocycles. The third-order valence-corrected chi connectivity index (χ3v) is 11.8. The van der Waals surface area contributed by atoms with Crippen molar-refractivity contribution in [3.8, 4) is 10.4 Å². The van der Waals surface area contributed by atoms with Gasteiger partial charge in [0.15, 0.2) is 0 Å². The Labute approximate surface area is 329 Å². The van der Waals surface area contributed by atoms with Gasteiger partial charge in [0.2, 0.25) is 17.7 Å². The van der Waals surface area contributed by atoms with Gasteiger partial charge in [-0.1, -0.05) is 43.5 Å². The van der Waals surface area contributed by atoms with Crippen LogP contribution < -0.4 is 26.2 Å². The number of hydrogen-bond donors (Lipinski definition) is 5. The molecule has 0 radical (unpaired) electrons. The van der Waals surface area contributed by atoms with Gasteiger partial charge in [-0.25, -0.2) is 9.97 Å². The van der Waals surface area contributed by atoms with Crippen molar-refractivity contribution in [3.05, 3.63) is 65.1 Å². The Hall–Kier alpha value is -4.40. The predicted molar refractivity (Wildman–Crippen MR) is 216 cm³/mol. The minimum Gasteiger partial charge on any atom is -0.391 e. The van der Waals surface area contributed by atoms with E-state index in [1.165, 1.54) is 4.90 Å². The molecule has 4 amide bonds. The molecule has 0 unspecified atom stereocenters. The topological polar surface area (TPSA) is 169 Å². The summed E-state index contributed by atoms with van der Waals surface area (Å²) in [5.74, 6) is -0.858. The van der Waals surface area contributed by atoms with E-state index < -0.39 is 23.6 Å². The Morgan fingerprint density at radius 3 is 2.38 bits per heavy atom. The number of aliphatic hydroxyl groups excluding tert-OH is 1. The molecule has 2 saturated heterocycles. The molecule has 2 aliphatic rings. The number of β-amino-alcohol motifs (C(OH)–C–C–N with tert-alkyl or cyclic N) is 1. The van der Waals surface area contributed by atoms with Crippen LogP contribution in [0.3, 0.4) is 0 Å². The Morgan fingerprint density at radius 2 is 1.69 bits per heavy atom. The maximum atomic E-state index is 13.8. The van der Waals surface area contributed by atoms with Gasteiger partial charge in [0.1, 0.15) is 11.7 Å². The predicted octanol–water partition coefficient (Wildman–Crippen LogP) is 3.85. The molecule has 55 heavy (non-hydrogen) atoms. The molecule has 0 bridgehead atoms. The molecular weight excluding hydrogens is 717 g/mol. The fourth-order valence-corrected chi connectivity index (χ4v) is 7.86. The summed E-state index contributed by atoms with van der Waals surface area (Å²) in [6.45, 7) is 12.1. The number of aliphatic hydroxyl groups is 1. The number of unbranched alkanes of at least 4 members (excludes halogenated alkanes) is 4. The molecule has 2 aromatic heterocycles. The Morgan fingerprint density at radius 1 is 0.964 bits per heavy atom. The van der Waals surface area contributed by atoms with E-state index in [4.69, 9.17) is 0 Å². The van der Waals surface area contributed by atoms with Crippen molar-refractivity contribution in [1.82, 2.24) is 36.1 Å². The number of nitrogens with zero attached hydrogens (tertiary/aromatic N) is 4. The van der Waals surface area contributed by atoms with Gasteiger partial charge >= 0.3 is 0 Å². The number of likely N-dealkylation sites (tertiary alicyclic amines) is 1.